The van der Waals surface area contributed by atoms with Crippen molar-refractivity contribution < 1.29 is 0 Å². The lowest BCUT2D eigenvalue weighted by Crippen LogP contribution is -2.55. The summed E-state index contributed by atoms with van der Waals surface area (Å²) >= 11 is 11.7. The third kappa shape index (κ3) is 6.93. The van der Waals surface area contributed by atoms with Gasteiger partial charge in [-0.15, -0.1) is 23.1 Å². The van der Waals surface area contributed by atoms with Crippen molar-refractivity contribution in [1.82, 2.24) is 0 Å². The number of hydrogen-bond donors (Lipinski definition) is 1. The Morgan fingerprint density at radius 1 is 0.854 bits per heavy atom. The summed E-state index contributed by atoms with van der Waals surface area (Å²) in [5, 5.41) is 5.40. The monoisotopic (exact) mass is 842 g/mol. The molecule has 1 fully saturated rings. The highest BCUT2D eigenvalue weighted by atomic mass is 79.9. The summed E-state index contributed by atoms with van der Waals surface area (Å²) in [6, 6.07) is 11.4. The molecule has 1 aromatic heterocycles. The summed E-state index contributed by atoms with van der Waals surface area (Å²) in [7, 11) is -3.41. The van der Waals surface area contributed by atoms with Crippen molar-refractivity contribution in [1.29, 1.82) is 0 Å². The van der Waals surface area contributed by atoms with E-state index in [0.717, 1.165) is 35.1 Å². The van der Waals surface area contributed by atoms with Gasteiger partial charge in [-0.1, -0.05) is 63.8 Å². The first-order valence-corrected chi connectivity index (χ1v) is 27.1. The number of hydrogen-bond acceptors (Lipinski definition) is 4. The number of benzene rings is 2. The van der Waals surface area contributed by atoms with Gasteiger partial charge in [-0.2, -0.15) is 0 Å². The molecule has 6 rings (SSSR count). The summed E-state index contributed by atoms with van der Waals surface area (Å²) < 4.78 is 5.24. The Balaban J connectivity index is 0.000000188. The Morgan fingerprint density at radius 2 is 1.48 bits per heavy atom. The van der Waals surface area contributed by atoms with Gasteiger partial charge in [0.05, 0.1) is 0 Å². The molecule has 2 aliphatic carbocycles. The van der Waals surface area contributed by atoms with Crippen LogP contribution in [-0.2, 0) is 0 Å². The van der Waals surface area contributed by atoms with E-state index in [0.29, 0.717) is 5.54 Å². The van der Waals surface area contributed by atoms with Crippen molar-refractivity contribution in [3.05, 3.63) is 94.4 Å². The van der Waals surface area contributed by atoms with Crippen molar-refractivity contribution in [2.75, 3.05) is 16.1 Å². The highest BCUT2D eigenvalue weighted by Crippen LogP contribution is 2.59. The Bertz CT molecular complexity index is 1700. The number of thioether (sulfide) groups is 1. The van der Waals surface area contributed by atoms with Gasteiger partial charge in [-0.25, -0.2) is 0 Å². The fourth-order valence-electron chi connectivity index (χ4n) is 9.35. The van der Waals surface area contributed by atoms with Gasteiger partial charge in [0.2, 0.25) is 0 Å². The minimum Gasteiger partial charge on any atom is -0.409 e. The lowest BCUT2D eigenvalue weighted by Gasteiger charge is -2.46. The number of anilines is 2. The molecule has 3 aromatic rings. The number of aryl methyl sites for hydroxylation is 4. The minimum atomic E-state index is -1.74. The van der Waals surface area contributed by atoms with Crippen LogP contribution in [0.1, 0.15) is 72.9 Å². The topological polar surface area (TPSA) is 15.3 Å². The van der Waals surface area contributed by atoms with E-state index in [4.69, 9.17) is 0 Å². The van der Waals surface area contributed by atoms with Crippen LogP contribution in [0.5, 0.6) is 0 Å². The number of thiophene rings is 1. The highest BCUT2D eigenvalue weighted by Gasteiger charge is 2.55. The van der Waals surface area contributed by atoms with Crippen molar-refractivity contribution in [2.45, 2.75) is 105 Å². The van der Waals surface area contributed by atoms with Crippen molar-refractivity contribution >= 4 is 88.4 Å². The van der Waals surface area contributed by atoms with Crippen LogP contribution in [-0.4, -0.2) is 28.3 Å². The van der Waals surface area contributed by atoms with Crippen LogP contribution < -0.4 is 9.55 Å². The molecule has 1 saturated carbocycles. The van der Waals surface area contributed by atoms with Gasteiger partial charge in [0.25, 0.3) is 0 Å². The Labute approximate surface area is 319 Å². The molecule has 8 heteroatoms. The zero-order valence-corrected chi connectivity index (χ0v) is 38.1. The van der Waals surface area contributed by atoms with Crippen LogP contribution in [0.4, 0.5) is 11.4 Å². The number of halogens is 2. The van der Waals surface area contributed by atoms with E-state index < -0.39 is 16.5 Å². The van der Waals surface area contributed by atoms with Gasteiger partial charge >= 0.3 is 0 Å². The van der Waals surface area contributed by atoms with Crippen LogP contribution in [0.3, 0.4) is 0 Å². The molecular weight excluding hydrogens is 789 g/mol. The van der Waals surface area contributed by atoms with E-state index in [9.17, 15) is 0 Å². The second-order valence-electron chi connectivity index (χ2n) is 15.8. The third-order valence-electron chi connectivity index (χ3n) is 11.8. The lowest BCUT2D eigenvalue weighted by molar-refractivity contribution is 0.405. The van der Waals surface area contributed by atoms with E-state index >= 15 is 0 Å². The highest BCUT2D eigenvalue weighted by molar-refractivity contribution is 9.11. The average Bonchev–Trinajstić information content (AvgIpc) is 3.74. The standard InChI is InChI=1S/C21H32BrNSSi.C19H24BrNSSi/c1-8-23(19-14(3)11-13(2)12-18(19)22)25(6,7)21-16(5)15(4)17-9-10-24-20(17)21;1-11-9-12(2)17(16(20)10-11)21-23(5,6)19-14(4)13(3)15-7-8-22-18(15)19/h9-12,15-17,20-21H,8H2,1-7H3;7-10,19,21H,1-6H3. The number of nitrogens with zero attached hydrogens (tertiary/aromatic N) is 1. The summed E-state index contributed by atoms with van der Waals surface area (Å²) in [6.45, 7) is 31.9. The van der Waals surface area contributed by atoms with Gasteiger partial charge in [0.1, 0.15) is 0 Å². The first kappa shape index (κ1) is 38.2. The molecule has 0 saturated heterocycles. The molecule has 260 valence electrons. The van der Waals surface area contributed by atoms with Crippen molar-refractivity contribution in [3.63, 3.8) is 0 Å². The molecule has 2 aromatic carbocycles. The first-order valence-electron chi connectivity index (χ1n) is 17.6. The Hall–Kier alpha value is -1.04. The maximum absolute atomic E-state index is 3.97. The van der Waals surface area contributed by atoms with Crippen molar-refractivity contribution in [3.8, 4) is 0 Å². The zero-order chi connectivity index (χ0) is 35.5. The largest absolute Gasteiger partial charge is 0.409 e. The van der Waals surface area contributed by atoms with Crippen LogP contribution in [0, 0.1) is 45.4 Å². The fourth-order valence-corrected chi connectivity index (χ4v) is 24.0. The van der Waals surface area contributed by atoms with Gasteiger partial charge in [0.15, 0.2) is 16.5 Å². The molecule has 2 heterocycles. The van der Waals surface area contributed by atoms with E-state index in [-0.39, 0.29) is 0 Å². The smallest absolute Gasteiger partial charge is 0.159 e. The number of rotatable bonds is 7. The van der Waals surface area contributed by atoms with Crippen LogP contribution in [0.25, 0.3) is 5.57 Å². The quantitative estimate of drug-likeness (QED) is 0.239. The zero-order valence-electron chi connectivity index (χ0n) is 31.3. The number of nitrogens with one attached hydrogen (secondary N) is 1. The predicted molar refractivity (Wildman–Crippen MR) is 230 cm³/mol. The van der Waals surface area contributed by atoms with Crippen LogP contribution in [0.2, 0.25) is 31.7 Å². The molecule has 3 aliphatic rings. The normalized spacial score (nSPS) is 24.8. The van der Waals surface area contributed by atoms with E-state index in [1.165, 1.54) is 53.7 Å². The molecule has 1 N–H and O–H groups in total. The minimum absolute atomic E-state index is 0.560. The van der Waals surface area contributed by atoms with Crippen LogP contribution in [0.15, 0.2) is 61.7 Å². The average molecular weight is 845 g/mol. The van der Waals surface area contributed by atoms with Gasteiger partial charge in [-0.05, 0) is 166 Å². The molecule has 2 nitrogen and oxygen atoms in total. The molecule has 0 spiro atoms. The summed E-state index contributed by atoms with van der Waals surface area (Å²) in [5.74, 6) is 2.38. The fraction of sp³-hybridized carbons (Fsp3) is 0.500. The van der Waals surface area contributed by atoms with Crippen LogP contribution >= 0.6 is 55.0 Å². The maximum Gasteiger partial charge on any atom is 0.159 e. The van der Waals surface area contributed by atoms with E-state index in [1.54, 1.807) is 10.5 Å². The van der Waals surface area contributed by atoms with Gasteiger partial charge in [0, 0.05) is 42.5 Å². The summed E-state index contributed by atoms with van der Waals surface area (Å²) in [4.78, 5) is 5.53. The molecule has 48 heavy (non-hydrogen) atoms. The SMILES string of the molecule is CC1=C(C)C([Si](C)(C)Nc2c(C)cc(C)cc2Br)c2sccc21.CCN(c1c(C)cc(C)cc1Br)[Si](C)(C)C1C(C)C(C)C2C=CSC21. The lowest BCUT2D eigenvalue weighted by atomic mass is 9.93. The molecule has 6 unspecified atom stereocenters. The molecule has 6 atom stereocenters. The van der Waals surface area contributed by atoms with Gasteiger partial charge in [-0.3, -0.25) is 0 Å². The summed E-state index contributed by atoms with van der Waals surface area (Å²) in [5.41, 5.74) is 13.9. The number of fused-ring (bicyclic) bond motifs is 2. The predicted octanol–water partition coefficient (Wildman–Crippen LogP) is 13.9. The second-order valence-corrected chi connectivity index (χ2v) is 28.3. The molecule has 1 aliphatic heterocycles. The Kier molecular flexibility index (Phi) is 11.6. The van der Waals surface area contributed by atoms with Crippen molar-refractivity contribution in [2.24, 2.45) is 17.8 Å². The molecule has 0 bridgehead atoms. The maximum atomic E-state index is 3.97. The van der Waals surface area contributed by atoms with Gasteiger partial charge < -0.3 is 9.55 Å². The molecular formula is C40H56Br2N2S2Si2. The molecule has 0 radical (unpaired) electrons. The third-order valence-corrected chi connectivity index (χ3v) is 23.2. The number of allylic oxidation sites excluding steroid dienone is 3. The van der Waals surface area contributed by atoms with E-state index in [2.05, 4.69) is 189 Å². The molecule has 0 amide bonds. The van der Waals surface area contributed by atoms with E-state index in [1.807, 2.05) is 11.3 Å². The second kappa shape index (κ2) is 14.5. The Morgan fingerprint density at radius 3 is 2.08 bits per heavy atom. The first-order chi connectivity index (χ1) is 22.4. The summed E-state index contributed by atoms with van der Waals surface area (Å²) in [6.07, 6.45) is 2.49.